The summed E-state index contributed by atoms with van der Waals surface area (Å²) in [5.74, 6) is -2.52. The van der Waals surface area contributed by atoms with E-state index in [1.54, 1.807) is 30.3 Å². The highest BCUT2D eigenvalue weighted by Crippen LogP contribution is 2.37. The molecule has 0 spiro atoms. The standard InChI is InChI=1S/C27H28N6O5/c1-4-37-22-12-15(6-8-21(22)38-14(2)3)23(18-11-16(24(29)30)5-7-20(18)28)25(34)32-33-26(35)17-9-10-31-13-19(17)27(33)36/h5-14,23H,4,28H2,1-3H3,(H3,29,30)(H,32,34). The Labute approximate surface area is 219 Å². The van der Waals surface area contributed by atoms with Gasteiger partial charge in [-0.3, -0.25) is 30.2 Å². The number of anilines is 1. The molecule has 0 radical (unpaired) electrons. The molecule has 6 N–H and O–H groups in total. The average Bonchev–Trinajstić information content (AvgIpc) is 3.11. The first kappa shape index (κ1) is 26.1. The monoisotopic (exact) mass is 516 g/mol. The van der Waals surface area contributed by atoms with E-state index >= 15 is 0 Å². The molecule has 0 saturated carbocycles. The van der Waals surface area contributed by atoms with Crippen molar-refractivity contribution < 1.29 is 23.9 Å². The van der Waals surface area contributed by atoms with Gasteiger partial charge in [0.15, 0.2) is 11.5 Å². The molecule has 38 heavy (non-hydrogen) atoms. The molecule has 4 rings (SSSR count). The molecular formula is C27H28N6O5. The van der Waals surface area contributed by atoms with E-state index in [9.17, 15) is 14.4 Å². The van der Waals surface area contributed by atoms with E-state index in [1.807, 2.05) is 20.8 Å². The number of carbonyl (C=O) groups excluding carboxylic acids is 3. The number of hydrogen-bond acceptors (Lipinski definition) is 8. The van der Waals surface area contributed by atoms with Crippen LogP contribution in [0.5, 0.6) is 11.5 Å². The zero-order valence-electron chi connectivity index (χ0n) is 21.1. The van der Waals surface area contributed by atoms with E-state index < -0.39 is 23.6 Å². The topological polar surface area (TPSA) is 174 Å². The summed E-state index contributed by atoms with van der Waals surface area (Å²) in [6.07, 6.45) is 2.54. The van der Waals surface area contributed by atoms with Gasteiger partial charge in [-0.15, -0.1) is 0 Å². The molecule has 3 aromatic rings. The minimum Gasteiger partial charge on any atom is -0.490 e. The maximum Gasteiger partial charge on any atom is 0.282 e. The largest absolute Gasteiger partial charge is 0.490 e. The Morgan fingerprint density at radius 3 is 2.47 bits per heavy atom. The Balaban J connectivity index is 1.80. The first-order valence-electron chi connectivity index (χ1n) is 11.9. The third kappa shape index (κ3) is 4.99. The van der Waals surface area contributed by atoms with E-state index in [-0.39, 0.29) is 28.8 Å². The molecule has 196 valence electrons. The van der Waals surface area contributed by atoms with E-state index in [4.69, 9.17) is 26.4 Å². The lowest BCUT2D eigenvalue weighted by atomic mass is 9.88. The molecule has 1 atom stereocenters. The smallest absolute Gasteiger partial charge is 0.282 e. The number of nitrogens with two attached hydrogens (primary N) is 2. The van der Waals surface area contributed by atoms with E-state index in [0.717, 1.165) is 0 Å². The van der Waals surface area contributed by atoms with Gasteiger partial charge < -0.3 is 20.9 Å². The Hall–Kier alpha value is -4.93. The van der Waals surface area contributed by atoms with E-state index in [2.05, 4.69) is 10.4 Å². The Bertz CT molecular complexity index is 1400. The van der Waals surface area contributed by atoms with Crippen molar-refractivity contribution in [2.24, 2.45) is 5.73 Å². The number of ether oxygens (including phenoxy) is 2. The maximum absolute atomic E-state index is 13.8. The second-order valence-electron chi connectivity index (χ2n) is 8.84. The third-order valence-corrected chi connectivity index (χ3v) is 5.84. The first-order chi connectivity index (χ1) is 18.1. The Morgan fingerprint density at radius 2 is 1.82 bits per heavy atom. The van der Waals surface area contributed by atoms with Crippen molar-refractivity contribution in [1.82, 2.24) is 15.4 Å². The highest BCUT2D eigenvalue weighted by atomic mass is 16.5. The quantitative estimate of drug-likeness (QED) is 0.145. The maximum atomic E-state index is 13.8. The van der Waals surface area contributed by atoms with Gasteiger partial charge in [-0.25, -0.2) is 0 Å². The van der Waals surface area contributed by atoms with Crippen LogP contribution in [0.3, 0.4) is 0 Å². The number of amidine groups is 1. The Morgan fingerprint density at radius 1 is 1.08 bits per heavy atom. The van der Waals surface area contributed by atoms with Crippen molar-refractivity contribution >= 4 is 29.2 Å². The fourth-order valence-corrected chi connectivity index (χ4v) is 4.15. The van der Waals surface area contributed by atoms with Crippen LogP contribution < -0.4 is 26.4 Å². The van der Waals surface area contributed by atoms with Gasteiger partial charge in [-0.05, 0) is 68.3 Å². The number of fused-ring (bicyclic) bond motifs is 1. The van der Waals surface area contributed by atoms with Crippen LogP contribution in [0.1, 0.15) is 64.1 Å². The number of nitrogen functional groups attached to an aromatic ring is 2. The van der Waals surface area contributed by atoms with Crippen LogP contribution in [-0.4, -0.2) is 46.3 Å². The van der Waals surface area contributed by atoms with Crippen LogP contribution >= 0.6 is 0 Å². The summed E-state index contributed by atoms with van der Waals surface area (Å²) in [4.78, 5) is 43.5. The van der Waals surface area contributed by atoms with Gasteiger partial charge in [0.2, 0.25) is 0 Å². The van der Waals surface area contributed by atoms with Crippen LogP contribution in [-0.2, 0) is 4.79 Å². The van der Waals surface area contributed by atoms with Gasteiger partial charge in [0.1, 0.15) is 5.84 Å². The van der Waals surface area contributed by atoms with Crippen LogP contribution in [0.25, 0.3) is 0 Å². The summed E-state index contributed by atoms with van der Waals surface area (Å²) < 4.78 is 11.6. The average molecular weight is 517 g/mol. The lowest BCUT2D eigenvalue weighted by molar-refractivity contribution is -0.124. The number of rotatable bonds is 9. The number of carbonyl (C=O) groups is 3. The highest BCUT2D eigenvalue weighted by molar-refractivity contribution is 6.21. The summed E-state index contributed by atoms with van der Waals surface area (Å²) >= 11 is 0. The van der Waals surface area contributed by atoms with Crippen molar-refractivity contribution in [2.45, 2.75) is 32.8 Å². The van der Waals surface area contributed by atoms with Crippen molar-refractivity contribution in [3.8, 4) is 11.5 Å². The van der Waals surface area contributed by atoms with Gasteiger partial charge in [-0.1, -0.05) is 6.07 Å². The minimum absolute atomic E-state index is 0.0845. The minimum atomic E-state index is -1.11. The molecule has 1 aliphatic rings. The lowest BCUT2D eigenvalue weighted by Gasteiger charge is -2.24. The predicted octanol–water partition coefficient (Wildman–Crippen LogP) is 2.59. The molecule has 11 heteroatoms. The van der Waals surface area contributed by atoms with Crippen LogP contribution in [0.15, 0.2) is 54.9 Å². The van der Waals surface area contributed by atoms with Gasteiger partial charge in [0.25, 0.3) is 17.7 Å². The molecule has 1 aliphatic heterocycles. The molecule has 1 unspecified atom stereocenters. The van der Waals surface area contributed by atoms with Crippen LogP contribution in [0.2, 0.25) is 0 Å². The van der Waals surface area contributed by atoms with Crippen molar-refractivity contribution in [2.75, 3.05) is 12.3 Å². The number of nitrogens with zero attached hydrogens (tertiary/aromatic N) is 2. The van der Waals surface area contributed by atoms with E-state index in [0.29, 0.717) is 39.8 Å². The zero-order chi connectivity index (χ0) is 27.6. The van der Waals surface area contributed by atoms with Crippen LogP contribution in [0, 0.1) is 5.41 Å². The van der Waals surface area contributed by atoms with Crippen LogP contribution in [0.4, 0.5) is 5.69 Å². The summed E-state index contributed by atoms with van der Waals surface area (Å²) in [6, 6.07) is 11.1. The third-order valence-electron chi connectivity index (χ3n) is 5.84. The number of aromatic nitrogens is 1. The molecule has 2 aromatic carbocycles. The SMILES string of the molecule is CCOc1cc(C(C(=O)NN2C(=O)c3ccncc3C2=O)c2cc(C(=N)N)ccc2N)ccc1OC(C)C. The molecule has 0 aliphatic carbocycles. The highest BCUT2D eigenvalue weighted by Gasteiger charge is 2.39. The number of benzene rings is 2. The summed E-state index contributed by atoms with van der Waals surface area (Å²) in [5, 5.41) is 8.50. The normalized spacial score (nSPS) is 13.3. The van der Waals surface area contributed by atoms with Crippen molar-refractivity contribution in [3.05, 3.63) is 82.7 Å². The summed E-state index contributed by atoms with van der Waals surface area (Å²) in [7, 11) is 0. The predicted molar refractivity (Wildman–Crippen MR) is 140 cm³/mol. The zero-order valence-corrected chi connectivity index (χ0v) is 21.1. The number of pyridine rings is 1. The molecule has 0 bridgehead atoms. The van der Waals surface area contributed by atoms with Gasteiger partial charge >= 0.3 is 0 Å². The molecule has 3 amide bonds. The number of hydrogen-bond donors (Lipinski definition) is 4. The van der Waals surface area contributed by atoms with E-state index in [1.165, 1.54) is 24.5 Å². The second-order valence-corrected chi connectivity index (χ2v) is 8.84. The van der Waals surface area contributed by atoms with Gasteiger partial charge in [0, 0.05) is 23.6 Å². The van der Waals surface area contributed by atoms with Gasteiger partial charge in [-0.2, -0.15) is 5.01 Å². The summed E-state index contributed by atoms with van der Waals surface area (Å²) in [5.41, 5.74) is 16.0. The summed E-state index contributed by atoms with van der Waals surface area (Å²) in [6.45, 7) is 5.93. The second kappa shape index (κ2) is 10.6. The fraction of sp³-hybridized carbons (Fsp3) is 0.222. The number of amides is 3. The molecule has 0 fully saturated rings. The van der Waals surface area contributed by atoms with Crippen molar-refractivity contribution in [1.29, 1.82) is 5.41 Å². The van der Waals surface area contributed by atoms with Gasteiger partial charge in [0.05, 0.1) is 29.8 Å². The first-order valence-corrected chi connectivity index (χ1v) is 11.9. The number of nitrogens with one attached hydrogen (secondary N) is 2. The molecule has 0 saturated heterocycles. The lowest BCUT2D eigenvalue weighted by Crippen LogP contribution is -2.48. The Kier molecular flexibility index (Phi) is 7.28. The molecule has 2 heterocycles. The number of hydrazine groups is 1. The molecular weight excluding hydrogens is 488 g/mol. The fourth-order valence-electron chi connectivity index (χ4n) is 4.15. The number of imide groups is 1. The molecule has 1 aromatic heterocycles. The molecule has 11 nitrogen and oxygen atoms in total. The van der Waals surface area contributed by atoms with Crippen molar-refractivity contribution in [3.63, 3.8) is 0 Å².